The fourth-order valence-corrected chi connectivity index (χ4v) is 2.81. The summed E-state index contributed by atoms with van der Waals surface area (Å²) in [5.74, 6) is 0.736. The number of aromatic nitrogens is 3. The van der Waals surface area contributed by atoms with Crippen molar-refractivity contribution >= 4 is 22.6 Å². The maximum atomic E-state index is 8.94. The largest absolute Gasteiger partial charge is 0.338 e. The highest BCUT2D eigenvalue weighted by Gasteiger charge is 2.12. The lowest BCUT2D eigenvalue weighted by atomic mass is 10.0. The first-order valence-corrected chi connectivity index (χ1v) is 7.73. The highest BCUT2D eigenvalue weighted by molar-refractivity contribution is 6.31. The van der Waals surface area contributed by atoms with E-state index in [9.17, 15) is 0 Å². The Kier molecular flexibility index (Phi) is 3.49. The summed E-state index contributed by atoms with van der Waals surface area (Å²) in [6, 6.07) is 18.9. The van der Waals surface area contributed by atoms with Crippen LogP contribution in [0.1, 0.15) is 5.56 Å². The number of nitrogens with one attached hydrogen (secondary N) is 1. The molecule has 1 N–H and O–H groups in total. The van der Waals surface area contributed by atoms with Gasteiger partial charge in [-0.3, -0.25) is 4.98 Å². The van der Waals surface area contributed by atoms with Gasteiger partial charge in [0.05, 0.1) is 28.4 Å². The molecule has 4 rings (SSSR count). The van der Waals surface area contributed by atoms with Gasteiger partial charge in [-0.2, -0.15) is 5.26 Å². The summed E-state index contributed by atoms with van der Waals surface area (Å²) in [5, 5.41) is 9.61. The number of H-pyrrole nitrogens is 1. The van der Waals surface area contributed by atoms with Crippen molar-refractivity contribution in [1.82, 2.24) is 15.0 Å². The molecule has 0 saturated heterocycles. The first-order valence-electron chi connectivity index (χ1n) is 7.36. The molecule has 24 heavy (non-hydrogen) atoms. The van der Waals surface area contributed by atoms with Gasteiger partial charge in [-0.15, -0.1) is 0 Å². The predicted molar refractivity (Wildman–Crippen MR) is 94.5 cm³/mol. The zero-order chi connectivity index (χ0) is 16.5. The van der Waals surface area contributed by atoms with Crippen LogP contribution < -0.4 is 0 Å². The van der Waals surface area contributed by atoms with Gasteiger partial charge in [0.25, 0.3) is 0 Å². The molecule has 0 spiro atoms. The molecule has 0 unspecified atom stereocenters. The minimum absolute atomic E-state index is 0.620. The first kappa shape index (κ1) is 14.4. The Morgan fingerprint density at radius 1 is 1.04 bits per heavy atom. The summed E-state index contributed by atoms with van der Waals surface area (Å²) < 4.78 is 0. The smallest absolute Gasteiger partial charge is 0.140 e. The molecule has 4 aromatic rings. The molecule has 2 aromatic heterocycles. The van der Waals surface area contributed by atoms with Crippen molar-refractivity contribution in [3.8, 4) is 28.7 Å². The van der Waals surface area contributed by atoms with Gasteiger partial charge in [0, 0.05) is 22.3 Å². The van der Waals surface area contributed by atoms with E-state index in [1.807, 2.05) is 42.5 Å². The normalized spacial score (nSPS) is 10.7. The van der Waals surface area contributed by atoms with Gasteiger partial charge < -0.3 is 4.98 Å². The van der Waals surface area contributed by atoms with E-state index in [0.717, 1.165) is 33.7 Å². The molecule has 5 heteroatoms. The molecule has 114 valence electrons. The van der Waals surface area contributed by atoms with E-state index in [1.54, 1.807) is 18.3 Å². The SMILES string of the molecule is N#Cc1ccc(-c2ncccc2-c2nc3ccc(Cl)cc3[nH]2)cc1. The maximum absolute atomic E-state index is 8.94. The Balaban J connectivity index is 1.87. The van der Waals surface area contributed by atoms with E-state index in [2.05, 4.69) is 21.0 Å². The summed E-state index contributed by atoms with van der Waals surface area (Å²) >= 11 is 6.04. The van der Waals surface area contributed by atoms with Gasteiger partial charge >= 0.3 is 0 Å². The van der Waals surface area contributed by atoms with Crippen LogP contribution in [0.2, 0.25) is 5.02 Å². The summed E-state index contributed by atoms with van der Waals surface area (Å²) in [5.41, 5.74) is 5.00. The number of hydrogen-bond donors (Lipinski definition) is 1. The van der Waals surface area contributed by atoms with Crippen LogP contribution >= 0.6 is 11.6 Å². The number of rotatable bonds is 2. The minimum Gasteiger partial charge on any atom is -0.338 e. The number of hydrogen-bond acceptors (Lipinski definition) is 3. The Hall–Kier alpha value is -3.16. The zero-order valence-electron chi connectivity index (χ0n) is 12.5. The third-order valence-electron chi connectivity index (χ3n) is 3.79. The molecule has 0 aliphatic heterocycles. The van der Waals surface area contributed by atoms with Crippen LogP contribution in [-0.2, 0) is 0 Å². The maximum Gasteiger partial charge on any atom is 0.140 e. The number of imidazole rings is 1. The number of nitriles is 1. The quantitative estimate of drug-likeness (QED) is 0.573. The molecule has 2 heterocycles. The molecular weight excluding hydrogens is 320 g/mol. The van der Waals surface area contributed by atoms with Gasteiger partial charge in [-0.25, -0.2) is 4.98 Å². The van der Waals surface area contributed by atoms with E-state index in [-0.39, 0.29) is 0 Å². The molecule has 4 nitrogen and oxygen atoms in total. The molecule has 0 aliphatic carbocycles. The third-order valence-corrected chi connectivity index (χ3v) is 4.03. The molecule has 2 aromatic carbocycles. The Labute approximate surface area is 143 Å². The molecular formula is C19H11ClN4. The number of pyridine rings is 1. The third kappa shape index (κ3) is 2.51. The minimum atomic E-state index is 0.620. The highest BCUT2D eigenvalue weighted by atomic mass is 35.5. The van der Waals surface area contributed by atoms with Crippen LogP contribution in [0.25, 0.3) is 33.7 Å². The molecule has 0 amide bonds. The lowest BCUT2D eigenvalue weighted by Gasteiger charge is -2.06. The molecule has 0 atom stereocenters. The van der Waals surface area contributed by atoms with Crippen LogP contribution in [0, 0.1) is 11.3 Å². The Morgan fingerprint density at radius 2 is 1.88 bits per heavy atom. The Morgan fingerprint density at radius 3 is 2.67 bits per heavy atom. The van der Waals surface area contributed by atoms with E-state index < -0.39 is 0 Å². The van der Waals surface area contributed by atoms with Gasteiger partial charge in [-0.05, 0) is 42.5 Å². The number of aromatic amines is 1. The van der Waals surface area contributed by atoms with Crippen molar-refractivity contribution in [3.05, 3.63) is 71.4 Å². The number of halogens is 1. The van der Waals surface area contributed by atoms with Gasteiger partial charge in [-0.1, -0.05) is 23.7 Å². The molecule has 0 saturated carbocycles. The first-order chi connectivity index (χ1) is 11.7. The summed E-state index contributed by atoms with van der Waals surface area (Å²) in [7, 11) is 0. The number of fused-ring (bicyclic) bond motifs is 1. The van der Waals surface area contributed by atoms with Gasteiger partial charge in [0.15, 0.2) is 0 Å². The summed E-state index contributed by atoms with van der Waals surface area (Å²) in [4.78, 5) is 12.4. The van der Waals surface area contributed by atoms with Crippen LogP contribution in [0.4, 0.5) is 0 Å². The zero-order valence-corrected chi connectivity index (χ0v) is 13.2. The van der Waals surface area contributed by atoms with Crippen molar-refractivity contribution in [3.63, 3.8) is 0 Å². The molecule has 0 fully saturated rings. The van der Waals surface area contributed by atoms with Crippen molar-refractivity contribution in [2.75, 3.05) is 0 Å². The number of benzene rings is 2. The van der Waals surface area contributed by atoms with E-state index >= 15 is 0 Å². The lowest BCUT2D eigenvalue weighted by molar-refractivity contribution is 1.27. The standard InChI is InChI=1S/C19H11ClN4/c20-14-7-8-16-17(10-14)24-19(23-16)15-2-1-9-22-18(15)13-5-3-12(11-21)4-6-13/h1-10H,(H,23,24). The van der Waals surface area contributed by atoms with Crippen molar-refractivity contribution in [2.45, 2.75) is 0 Å². The topological polar surface area (TPSA) is 65.4 Å². The lowest BCUT2D eigenvalue weighted by Crippen LogP contribution is -1.90. The monoisotopic (exact) mass is 330 g/mol. The fourth-order valence-electron chi connectivity index (χ4n) is 2.64. The molecule has 0 bridgehead atoms. The van der Waals surface area contributed by atoms with Crippen molar-refractivity contribution in [2.24, 2.45) is 0 Å². The second-order valence-electron chi connectivity index (χ2n) is 5.34. The second kappa shape index (κ2) is 5.80. The second-order valence-corrected chi connectivity index (χ2v) is 5.77. The fraction of sp³-hybridized carbons (Fsp3) is 0. The summed E-state index contributed by atoms with van der Waals surface area (Å²) in [6.07, 6.45) is 1.75. The average molecular weight is 331 g/mol. The van der Waals surface area contributed by atoms with Crippen molar-refractivity contribution in [1.29, 1.82) is 5.26 Å². The number of nitrogens with zero attached hydrogens (tertiary/aromatic N) is 3. The van der Waals surface area contributed by atoms with Crippen LogP contribution in [-0.4, -0.2) is 15.0 Å². The average Bonchev–Trinajstić information content (AvgIpc) is 3.05. The van der Waals surface area contributed by atoms with E-state index in [0.29, 0.717) is 10.6 Å². The Bertz CT molecular complexity index is 1070. The van der Waals surface area contributed by atoms with E-state index in [1.165, 1.54) is 0 Å². The molecule has 0 aliphatic rings. The predicted octanol–water partition coefficient (Wildman–Crippen LogP) is 4.82. The van der Waals surface area contributed by atoms with E-state index in [4.69, 9.17) is 16.9 Å². The van der Waals surface area contributed by atoms with Gasteiger partial charge in [0.2, 0.25) is 0 Å². The van der Waals surface area contributed by atoms with Crippen LogP contribution in [0.5, 0.6) is 0 Å². The molecule has 0 radical (unpaired) electrons. The van der Waals surface area contributed by atoms with Crippen LogP contribution in [0.3, 0.4) is 0 Å². The van der Waals surface area contributed by atoms with Gasteiger partial charge in [0.1, 0.15) is 5.82 Å². The van der Waals surface area contributed by atoms with Crippen molar-refractivity contribution < 1.29 is 0 Å². The summed E-state index contributed by atoms with van der Waals surface area (Å²) in [6.45, 7) is 0. The van der Waals surface area contributed by atoms with Crippen LogP contribution in [0.15, 0.2) is 60.8 Å². The highest BCUT2D eigenvalue weighted by Crippen LogP contribution is 2.30.